The number of hydrogen-bond donors (Lipinski definition) is 3. The lowest BCUT2D eigenvalue weighted by Gasteiger charge is -2.27. The summed E-state index contributed by atoms with van der Waals surface area (Å²) in [6.07, 6.45) is -0.727. The van der Waals surface area contributed by atoms with Gasteiger partial charge in [-0.15, -0.1) is 5.10 Å². The van der Waals surface area contributed by atoms with Crippen molar-refractivity contribution in [3.05, 3.63) is 45.0 Å². The van der Waals surface area contributed by atoms with E-state index in [2.05, 4.69) is 15.5 Å². The fourth-order valence-electron chi connectivity index (χ4n) is 1.94. The molecule has 0 spiro atoms. The van der Waals surface area contributed by atoms with Gasteiger partial charge in [0.15, 0.2) is 0 Å². The van der Waals surface area contributed by atoms with E-state index < -0.39 is 6.10 Å². The molecule has 1 atom stereocenters. The van der Waals surface area contributed by atoms with Crippen LogP contribution in [0.3, 0.4) is 0 Å². The van der Waals surface area contributed by atoms with Gasteiger partial charge in [-0.25, -0.2) is 0 Å². The van der Waals surface area contributed by atoms with Gasteiger partial charge in [0.25, 0.3) is 0 Å². The third kappa shape index (κ3) is 7.09. The number of nitrogens with one attached hydrogen (secondary N) is 2. The second kappa shape index (κ2) is 9.53. The Hall–Kier alpha value is -1.38. The van der Waals surface area contributed by atoms with Crippen LogP contribution in [0.1, 0.15) is 13.8 Å². The molecule has 2 rings (SSSR count). The number of ether oxygens (including phenoxy) is 2. The predicted octanol–water partition coefficient (Wildman–Crippen LogP) is 3.63. The highest BCUT2D eigenvalue weighted by atomic mass is 35.5. The van der Waals surface area contributed by atoms with Gasteiger partial charge in [-0.1, -0.05) is 35.4 Å². The van der Waals surface area contributed by atoms with Crippen LogP contribution in [0.5, 0.6) is 11.6 Å². The summed E-state index contributed by atoms with van der Waals surface area (Å²) in [5.74, 6) is 0.890. The maximum Gasteiger partial charge on any atom is 0.231 e. The minimum Gasteiger partial charge on any atom is -0.489 e. The maximum atomic E-state index is 10.1. The molecule has 0 amide bonds. The number of halogens is 2. The summed E-state index contributed by atoms with van der Waals surface area (Å²) < 4.78 is 11.7. The van der Waals surface area contributed by atoms with Crippen molar-refractivity contribution in [2.45, 2.75) is 25.5 Å². The van der Waals surface area contributed by atoms with E-state index in [0.717, 1.165) is 0 Å². The zero-order chi connectivity index (χ0) is 19.2. The summed E-state index contributed by atoms with van der Waals surface area (Å²) in [6, 6.07) is 8.34. The first kappa shape index (κ1) is 20.9. The fraction of sp³-hybridized carbons (Fsp3) is 0.412. The summed E-state index contributed by atoms with van der Waals surface area (Å²) in [4.78, 5) is 0. The molecule has 6 nitrogen and oxygen atoms in total. The molecule has 0 bridgehead atoms. The van der Waals surface area contributed by atoms with Crippen molar-refractivity contribution in [3.8, 4) is 11.6 Å². The van der Waals surface area contributed by atoms with Crippen LogP contribution >= 0.6 is 35.4 Å². The highest BCUT2D eigenvalue weighted by Crippen LogP contribution is 2.27. The average molecular weight is 418 g/mol. The first-order chi connectivity index (χ1) is 12.2. The Morgan fingerprint density at radius 2 is 2.04 bits per heavy atom. The molecule has 9 heteroatoms. The van der Waals surface area contributed by atoms with Crippen molar-refractivity contribution >= 4 is 35.4 Å². The third-order valence-electron chi connectivity index (χ3n) is 3.38. The van der Waals surface area contributed by atoms with Gasteiger partial charge >= 0.3 is 0 Å². The minimum absolute atomic E-state index is 0.0841. The van der Waals surface area contributed by atoms with Crippen LogP contribution in [0.2, 0.25) is 10.0 Å². The molecule has 0 aliphatic heterocycles. The van der Waals surface area contributed by atoms with Crippen molar-refractivity contribution < 1.29 is 14.6 Å². The second-order valence-corrected chi connectivity index (χ2v) is 7.64. The fourth-order valence-corrected chi connectivity index (χ4v) is 2.39. The number of aliphatic hydroxyl groups excluding tert-OH is 1. The Morgan fingerprint density at radius 1 is 1.27 bits per heavy atom. The van der Waals surface area contributed by atoms with Crippen LogP contribution < -0.4 is 14.8 Å². The number of aromatic nitrogens is 2. The largest absolute Gasteiger partial charge is 0.489 e. The van der Waals surface area contributed by atoms with Gasteiger partial charge < -0.3 is 19.9 Å². The normalized spacial score (nSPS) is 12.7. The SMILES string of the molecule is CC(C)(COc1ccc(=S)[nH]n1)NCC(O)COc1cc(Cl)ccc1Cl. The zero-order valence-electron chi connectivity index (χ0n) is 14.5. The van der Waals surface area contributed by atoms with Crippen molar-refractivity contribution in [1.29, 1.82) is 0 Å². The molecule has 0 fully saturated rings. The molecular weight excluding hydrogens is 397 g/mol. The number of rotatable bonds is 9. The summed E-state index contributed by atoms with van der Waals surface area (Å²) in [5, 5.41) is 21.0. The van der Waals surface area contributed by atoms with Crippen LogP contribution in [0, 0.1) is 4.64 Å². The number of H-pyrrole nitrogens is 1. The van der Waals surface area contributed by atoms with Crippen molar-refractivity contribution in [2.75, 3.05) is 19.8 Å². The van der Waals surface area contributed by atoms with Gasteiger partial charge in [-0.2, -0.15) is 0 Å². The van der Waals surface area contributed by atoms with Crippen molar-refractivity contribution in [3.63, 3.8) is 0 Å². The Labute approximate surface area is 167 Å². The molecule has 0 aliphatic rings. The highest BCUT2D eigenvalue weighted by Gasteiger charge is 2.20. The van der Waals surface area contributed by atoms with E-state index in [1.54, 1.807) is 30.3 Å². The molecule has 0 saturated heterocycles. The second-order valence-electron chi connectivity index (χ2n) is 6.35. The molecule has 0 aliphatic carbocycles. The first-order valence-corrected chi connectivity index (χ1v) is 9.11. The molecule has 0 saturated carbocycles. The monoisotopic (exact) mass is 417 g/mol. The Bertz CT molecular complexity index is 766. The minimum atomic E-state index is -0.727. The van der Waals surface area contributed by atoms with E-state index in [4.69, 9.17) is 44.9 Å². The number of benzene rings is 1. The zero-order valence-corrected chi connectivity index (χ0v) is 16.8. The summed E-state index contributed by atoms with van der Waals surface area (Å²) >= 11 is 16.9. The van der Waals surface area contributed by atoms with E-state index >= 15 is 0 Å². The lowest BCUT2D eigenvalue weighted by Crippen LogP contribution is -2.48. The standard InChI is InChI=1S/C17H21Cl2N3O3S/c1-17(2,10-25-15-5-6-16(26)22-21-15)20-8-12(23)9-24-14-7-11(18)3-4-13(14)19/h3-7,12,20,23H,8-10H2,1-2H3,(H,22,26). The van der Waals surface area contributed by atoms with Gasteiger partial charge in [0.2, 0.25) is 5.88 Å². The highest BCUT2D eigenvalue weighted by molar-refractivity contribution is 7.71. The number of β-amino-alcohol motifs (C(OH)–C–C–N with tert-alkyl or cyclic N) is 1. The van der Waals surface area contributed by atoms with E-state index in [1.807, 2.05) is 13.8 Å². The van der Waals surface area contributed by atoms with Crippen LogP contribution in [0.25, 0.3) is 0 Å². The van der Waals surface area contributed by atoms with Crippen LogP contribution in [-0.4, -0.2) is 46.7 Å². The van der Waals surface area contributed by atoms with E-state index in [0.29, 0.717) is 39.5 Å². The van der Waals surface area contributed by atoms with E-state index in [1.165, 1.54) is 0 Å². The summed E-state index contributed by atoms with van der Waals surface area (Å²) in [7, 11) is 0. The summed E-state index contributed by atoms with van der Waals surface area (Å²) in [5.41, 5.74) is -0.386. The topological polar surface area (TPSA) is 79.4 Å². The van der Waals surface area contributed by atoms with Crippen LogP contribution in [0.15, 0.2) is 30.3 Å². The number of aliphatic hydroxyl groups is 1. The smallest absolute Gasteiger partial charge is 0.231 e. The molecular formula is C17H21Cl2N3O3S. The van der Waals surface area contributed by atoms with Crippen LogP contribution in [-0.2, 0) is 0 Å². The third-order valence-corrected chi connectivity index (χ3v) is 4.15. The number of aromatic amines is 1. The van der Waals surface area contributed by atoms with Gasteiger partial charge in [0.05, 0.1) is 5.02 Å². The van der Waals surface area contributed by atoms with E-state index in [9.17, 15) is 5.11 Å². The molecule has 26 heavy (non-hydrogen) atoms. The van der Waals surface area contributed by atoms with Crippen molar-refractivity contribution in [2.24, 2.45) is 0 Å². The summed E-state index contributed by atoms with van der Waals surface area (Å²) in [6.45, 7) is 4.68. The number of hydrogen-bond acceptors (Lipinski definition) is 6. The maximum absolute atomic E-state index is 10.1. The number of nitrogens with zero attached hydrogens (tertiary/aromatic N) is 1. The molecule has 0 radical (unpaired) electrons. The molecule has 3 N–H and O–H groups in total. The van der Waals surface area contributed by atoms with Crippen molar-refractivity contribution in [1.82, 2.24) is 15.5 Å². The van der Waals surface area contributed by atoms with Gasteiger partial charge in [-0.3, -0.25) is 5.10 Å². The molecule has 2 aromatic rings. The lowest BCUT2D eigenvalue weighted by molar-refractivity contribution is 0.0923. The van der Waals surface area contributed by atoms with Gasteiger partial charge in [0.1, 0.15) is 29.7 Å². The van der Waals surface area contributed by atoms with Gasteiger partial charge in [-0.05, 0) is 32.0 Å². The predicted molar refractivity (Wildman–Crippen MR) is 105 cm³/mol. The Morgan fingerprint density at radius 3 is 2.73 bits per heavy atom. The molecule has 1 heterocycles. The van der Waals surface area contributed by atoms with Crippen LogP contribution in [0.4, 0.5) is 0 Å². The molecule has 1 unspecified atom stereocenters. The average Bonchev–Trinajstić information content (AvgIpc) is 2.60. The Kier molecular flexibility index (Phi) is 7.67. The van der Waals surface area contributed by atoms with Gasteiger partial charge in [0, 0.05) is 29.2 Å². The van der Waals surface area contributed by atoms with E-state index in [-0.39, 0.29) is 12.1 Å². The lowest BCUT2D eigenvalue weighted by atomic mass is 10.1. The quantitative estimate of drug-likeness (QED) is 0.540. The first-order valence-electron chi connectivity index (χ1n) is 7.95. The Balaban J connectivity index is 1.76. The molecule has 142 valence electrons. The molecule has 1 aromatic heterocycles. The molecule has 1 aromatic carbocycles.